The van der Waals surface area contributed by atoms with Gasteiger partial charge in [0.05, 0.1) is 0 Å². The highest BCUT2D eigenvalue weighted by molar-refractivity contribution is 7.10. The fourth-order valence-electron chi connectivity index (χ4n) is 2.74. The van der Waals surface area contributed by atoms with Crippen LogP contribution in [0, 0.1) is 0 Å². The van der Waals surface area contributed by atoms with Gasteiger partial charge >= 0.3 is 0 Å². The Morgan fingerprint density at radius 3 is 2.86 bits per heavy atom. The summed E-state index contributed by atoms with van der Waals surface area (Å²) in [5, 5.41) is 12.3. The van der Waals surface area contributed by atoms with Crippen LogP contribution in [0.15, 0.2) is 41.9 Å². The summed E-state index contributed by atoms with van der Waals surface area (Å²) < 4.78 is 0. The van der Waals surface area contributed by atoms with Crippen LogP contribution in [-0.2, 0) is 0 Å². The number of β-amino-alcohol motifs (C(OH)–C–C–N with tert-alkyl or cyclic N) is 1. The van der Waals surface area contributed by atoms with Crippen molar-refractivity contribution >= 4 is 17.2 Å². The monoisotopic (exact) mass is 303 g/mol. The highest BCUT2D eigenvalue weighted by Crippen LogP contribution is 2.21. The molecule has 2 aromatic heterocycles. The van der Waals surface area contributed by atoms with E-state index in [1.165, 1.54) is 0 Å². The normalized spacial score (nSPS) is 18.4. The molecule has 1 atom stereocenters. The van der Waals surface area contributed by atoms with Crippen LogP contribution in [0.2, 0.25) is 0 Å². The Morgan fingerprint density at radius 2 is 2.10 bits per heavy atom. The number of pyridine rings is 1. The predicted molar refractivity (Wildman–Crippen MR) is 86.8 cm³/mol. The van der Waals surface area contributed by atoms with Gasteiger partial charge in [0.25, 0.3) is 0 Å². The molecule has 3 rings (SSSR count). The summed E-state index contributed by atoms with van der Waals surface area (Å²) in [6, 6.07) is 10.1. The van der Waals surface area contributed by atoms with Crippen molar-refractivity contribution in [1.82, 2.24) is 9.88 Å². The standard InChI is InChI=1S/C16H21N3OS/c20-14(15-5-3-12-21-15)13-18-8-4-9-19(11-10-18)16-6-1-2-7-17-16/h1-3,5-7,12,14,20H,4,8-11,13H2. The molecule has 1 aliphatic rings. The first-order chi connectivity index (χ1) is 10.3. The van der Waals surface area contributed by atoms with Crippen LogP contribution < -0.4 is 4.90 Å². The van der Waals surface area contributed by atoms with Gasteiger partial charge in [-0.05, 0) is 30.0 Å². The van der Waals surface area contributed by atoms with Gasteiger partial charge in [0, 0.05) is 43.8 Å². The zero-order valence-electron chi connectivity index (χ0n) is 12.1. The van der Waals surface area contributed by atoms with E-state index in [-0.39, 0.29) is 6.10 Å². The Kier molecular flexibility index (Phi) is 4.85. The van der Waals surface area contributed by atoms with Gasteiger partial charge in [-0.2, -0.15) is 0 Å². The lowest BCUT2D eigenvalue weighted by Crippen LogP contribution is -2.33. The third kappa shape index (κ3) is 3.81. The minimum atomic E-state index is -0.369. The molecule has 5 heteroatoms. The lowest BCUT2D eigenvalue weighted by molar-refractivity contribution is 0.120. The Labute approximate surface area is 129 Å². The van der Waals surface area contributed by atoms with Gasteiger partial charge in [-0.25, -0.2) is 4.98 Å². The average Bonchev–Trinajstić information content (AvgIpc) is 2.96. The van der Waals surface area contributed by atoms with Gasteiger partial charge in [-0.3, -0.25) is 4.90 Å². The highest BCUT2D eigenvalue weighted by Gasteiger charge is 2.19. The first-order valence-electron chi connectivity index (χ1n) is 7.43. The van der Waals surface area contributed by atoms with Crippen LogP contribution in [0.1, 0.15) is 17.4 Å². The molecule has 3 heterocycles. The summed E-state index contributed by atoms with van der Waals surface area (Å²) in [4.78, 5) is 10.2. The molecule has 1 aliphatic heterocycles. The molecule has 0 saturated carbocycles. The Hall–Kier alpha value is -1.43. The molecule has 0 aromatic carbocycles. The van der Waals surface area contributed by atoms with Gasteiger partial charge in [0.15, 0.2) is 0 Å². The second-order valence-corrected chi connectivity index (χ2v) is 6.34. The van der Waals surface area contributed by atoms with E-state index in [1.54, 1.807) is 11.3 Å². The lowest BCUT2D eigenvalue weighted by atomic mass is 10.2. The molecule has 2 aromatic rings. The van der Waals surface area contributed by atoms with Gasteiger partial charge in [-0.15, -0.1) is 11.3 Å². The van der Waals surface area contributed by atoms with Crippen molar-refractivity contribution in [2.75, 3.05) is 37.6 Å². The van der Waals surface area contributed by atoms with Crippen molar-refractivity contribution < 1.29 is 5.11 Å². The minimum absolute atomic E-state index is 0.369. The number of nitrogens with zero attached hydrogens (tertiary/aromatic N) is 3. The minimum Gasteiger partial charge on any atom is -0.386 e. The van der Waals surface area contributed by atoms with Crippen molar-refractivity contribution in [3.63, 3.8) is 0 Å². The van der Waals surface area contributed by atoms with Crippen molar-refractivity contribution in [3.8, 4) is 0 Å². The number of hydrogen-bond acceptors (Lipinski definition) is 5. The van der Waals surface area contributed by atoms with Crippen molar-refractivity contribution in [2.45, 2.75) is 12.5 Å². The van der Waals surface area contributed by atoms with Crippen molar-refractivity contribution in [3.05, 3.63) is 46.8 Å². The zero-order chi connectivity index (χ0) is 14.5. The number of aliphatic hydroxyl groups is 1. The number of anilines is 1. The van der Waals surface area contributed by atoms with E-state index in [0.717, 1.165) is 49.8 Å². The Morgan fingerprint density at radius 1 is 1.14 bits per heavy atom. The molecule has 1 fully saturated rings. The fourth-order valence-corrected chi connectivity index (χ4v) is 3.44. The van der Waals surface area contributed by atoms with Gasteiger partial charge in [-0.1, -0.05) is 12.1 Å². The van der Waals surface area contributed by atoms with Crippen LogP contribution in [0.3, 0.4) is 0 Å². The summed E-state index contributed by atoms with van der Waals surface area (Å²) >= 11 is 1.63. The molecule has 0 amide bonds. The molecular formula is C16H21N3OS. The molecule has 1 saturated heterocycles. The molecule has 0 aliphatic carbocycles. The zero-order valence-corrected chi connectivity index (χ0v) is 12.9. The quantitative estimate of drug-likeness (QED) is 0.941. The number of rotatable bonds is 4. The van der Waals surface area contributed by atoms with Crippen LogP contribution >= 0.6 is 11.3 Å². The molecular weight excluding hydrogens is 282 g/mol. The SMILES string of the molecule is OC(CN1CCCN(c2ccccn2)CC1)c1cccs1. The number of thiophene rings is 1. The van der Waals surface area contributed by atoms with Crippen LogP contribution in [0.4, 0.5) is 5.82 Å². The number of aromatic nitrogens is 1. The van der Waals surface area contributed by atoms with E-state index in [2.05, 4.69) is 20.9 Å². The molecule has 112 valence electrons. The van der Waals surface area contributed by atoms with E-state index in [9.17, 15) is 5.11 Å². The van der Waals surface area contributed by atoms with E-state index in [0.29, 0.717) is 0 Å². The average molecular weight is 303 g/mol. The third-order valence-electron chi connectivity index (χ3n) is 3.86. The van der Waals surface area contributed by atoms with E-state index < -0.39 is 0 Å². The fraction of sp³-hybridized carbons (Fsp3) is 0.438. The van der Waals surface area contributed by atoms with E-state index in [4.69, 9.17) is 0 Å². The smallest absolute Gasteiger partial charge is 0.128 e. The summed E-state index contributed by atoms with van der Waals surface area (Å²) in [6.07, 6.45) is 2.58. The first kappa shape index (κ1) is 14.5. The second kappa shape index (κ2) is 7.02. The van der Waals surface area contributed by atoms with Crippen LogP contribution in [0.5, 0.6) is 0 Å². The summed E-state index contributed by atoms with van der Waals surface area (Å²) in [7, 11) is 0. The van der Waals surface area contributed by atoms with E-state index >= 15 is 0 Å². The topological polar surface area (TPSA) is 39.6 Å². The molecule has 21 heavy (non-hydrogen) atoms. The Bertz CT molecular complexity index is 532. The first-order valence-corrected chi connectivity index (χ1v) is 8.31. The van der Waals surface area contributed by atoms with Gasteiger partial charge < -0.3 is 10.0 Å². The maximum absolute atomic E-state index is 10.3. The molecule has 0 spiro atoms. The largest absolute Gasteiger partial charge is 0.386 e. The Balaban J connectivity index is 1.56. The van der Waals surface area contributed by atoms with Crippen molar-refractivity contribution in [2.24, 2.45) is 0 Å². The molecule has 1 unspecified atom stereocenters. The summed E-state index contributed by atoms with van der Waals surface area (Å²) in [5.74, 6) is 1.05. The van der Waals surface area contributed by atoms with Gasteiger partial charge in [0.2, 0.25) is 0 Å². The maximum Gasteiger partial charge on any atom is 0.128 e. The number of hydrogen-bond donors (Lipinski definition) is 1. The van der Waals surface area contributed by atoms with Crippen LogP contribution in [-0.4, -0.2) is 47.7 Å². The molecule has 0 bridgehead atoms. The lowest BCUT2D eigenvalue weighted by Gasteiger charge is -2.24. The molecule has 4 nitrogen and oxygen atoms in total. The molecule has 1 N–H and O–H groups in total. The second-order valence-electron chi connectivity index (χ2n) is 5.36. The maximum atomic E-state index is 10.3. The highest BCUT2D eigenvalue weighted by atomic mass is 32.1. The van der Waals surface area contributed by atoms with E-state index in [1.807, 2.05) is 35.8 Å². The van der Waals surface area contributed by atoms with Gasteiger partial charge in [0.1, 0.15) is 11.9 Å². The predicted octanol–water partition coefficient (Wildman–Crippen LogP) is 2.39. The number of aliphatic hydroxyl groups excluding tert-OH is 1. The third-order valence-corrected chi connectivity index (χ3v) is 4.84. The molecule has 0 radical (unpaired) electrons. The van der Waals surface area contributed by atoms with Crippen LogP contribution in [0.25, 0.3) is 0 Å². The summed E-state index contributed by atoms with van der Waals surface area (Å²) in [5.41, 5.74) is 0. The van der Waals surface area contributed by atoms with Crippen molar-refractivity contribution in [1.29, 1.82) is 0 Å². The summed E-state index contributed by atoms with van der Waals surface area (Å²) in [6.45, 7) is 4.72.